The highest BCUT2D eigenvalue weighted by Crippen LogP contribution is 2.36. The smallest absolute Gasteiger partial charge is 0.494 e. The van der Waals surface area contributed by atoms with Gasteiger partial charge in [-0.2, -0.15) is 0 Å². The molecular formula is C9H10N4O9. The maximum atomic E-state index is 11.1. The van der Waals surface area contributed by atoms with Crippen LogP contribution in [0.25, 0.3) is 0 Å². The molecule has 0 saturated carbocycles. The van der Waals surface area contributed by atoms with Gasteiger partial charge in [-0.1, -0.05) is 0 Å². The molecule has 1 aliphatic rings. The first-order valence-electron chi connectivity index (χ1n) is 5.61. The Bertz CT molecular complexity index is 574. The Morgan fingerprint density at radius 2 is 1.45 bits per heavy atom. The minimum Gasteiger partial charge on any atom is -0.494 e. The summed E-state index contributed by atoms with van der Waals surface area (Å²) in [6, 6.07) is -1.52. The van der Waals surface area contributed by atoms with Gasteiger partial charge in [0, 0.05) is 4.92 Å². The molecule has 22 heavy (non-hydrogen) atoms. The molecule has 0 amide bonds. The van der Waals surface area contributed by atoms with E-state index in [1.54, 1.807) is 0 Å². The number of methoxy groups -OCH3 is 1. The topological polar surface area (TPSA) is 182 Å². The predicted molar refractivity (Wildman–Crippen MR) is 66.8 cm³/mol. The Kier molecular flexibility index (Phi) is 4.39. The summed E-state index contributed by atoms with van der Waals surface area (Å²) in [6.07, 6.45) is 1.53. The van der Waals surface area contributed by atoms with Crippen LogP contribution in [-0.4, -0.2) is 38.6 Å². The molecule has 0 bridgehead atoms. The van der Waals surface area contributed by atoms with Gasteiger partial charge in [0.15, 0.2) is 20.5 Å². The Morgan fingerprint density at radius 3 is 1.77 bits per heavy atom. The number of nitrogens with zero attached hydrogens (tertiary/aromatic N) is 4. The second kappa shape index (κ2) is 5.71. The van der Waals surface area contributed by atoms with Crippen molar-refractivity contribution < 1.29 is 24.4 Å². The molecular weight excluding hydrogens is 308 g/mol. The Morgan fingerprint density at radius 1 is 1.00 bits per heavy atom. The van der Waals surface area contributed by atoms with E-state index in [2.05, 4.69) is 4.74 Å². The molecule has 0 radical (unpaired) electrons. The third-order valence-electron chi connectivity index (χ3n) is 3.22. The van der Waals surface area contributed by atoms with Crippen LogP contribution in [0, 0.1) is 46.4 Å². The molecule has 0 aromatic carbocycles. The van der Waals surface area contributed by atoms with E-state index >= 15 is 0 Å². The summed E-state index contributed by atoms with van der Waals surface area (Å²) >= 11 is 0. The van der Waals surface area contributed by atoms with Crippen molar-refractivity contribution in [1.82, 2.24) is 0 Å². The van der Waals surface area contributed by atoms with E-state index in [1.807, 2.05) is 0 Å². The molecule has 0 aliphatic heterocycles. The van der Waals surface area contributed by atoms with E-state index in [0.717, 1.165) is 20.1 Å². The van der Waals surface area contributed by atoms with Crippen molar-refractivity contribution in [3.63, 3.8) is 0 Å². The Hall–Kier alpha value is -3.12. The Balaban J connectivity index is 3.58. The van der Waals surface area contributed by atoms with E-state index in [1.165, 1.54) is 0 Å². The van der Waals surface area contributed by atoms with Gasteiger partial charge in [-0.05, 0) is 24.6 Å². The van der Waals surface area contributed by atoms with Crippen molar-refractivity contribution in [1.29, 1.82) is 0 Å². The van der Waals surface area contributed by atoms with Gasteiger partial charge in [0.05, 0.1) is 7.11 Å². The average molecular weight is 318 g/mol. The van der Waals surface area contributed by atoms with Crippen molar-refractivity contribution in [2.45, 2.75) is 18.8 Å². The molecule has 0 unspecified atom stereocenters. The van der Waals surface area contributed by atoms with Crippen molar-refractivity contribution in [2.24, 2.45) is 5.92 Å². The summed E-state index contributed by atoms with van der Waals surface area (Å²) in [7, 11) is 1.01. The lowest BCUT2D eigenvalue weighted by Crippen LogP contribution is -2.59. The van der Waals surface area contributed by atoms with Crippen molar-refractivity contribution in [3.8, 4) is 0 Å². The molecule has 0 spiro atoms. The van der Waals surface area contributed by atoms with Crippen LogP contribution in [-0.2, 0) is 4.74 Å². The second-order valence-corrected chi connectivity index (χ2v) is 4.35. The fraction of sp³-hybridized carbons (Fsp3) is 0.556. The second-order valence-electron chi connectivity index (χ2n) is 4.35. The first-order valence-corrected chi connectivity index (χ1v) is 5.61. The summed E-state index contributed by atoms with van der Waals surface area (Å²) in [5.41, 5.74) is -0.243. The molecule has 1 aliphatic carbocycles. The third kappa shape index (κ3) is 2.32. The van der Waals surface area contributed by atoms with Crippen LogP contribution in [0.15, 0.2) is 23.5 Å². The summed E-state index contributed by atoms with van der Waals surface area (Å²) in [5, 5.41) is 44.0. The molecule has 2 atom stereocenters. The summed E-state index contributed by atoms with van der Waals surface area (Å²) in [4.78, 5) is 38.3. The fourth-order valence-corrected chi connectivity index (χ4v) is 2.14. The standard InChI is InChI=1S/C9H10N4O9/c1-5-3-7(10(14)15)8(22-2)4-6(5)9(11(16)17,12(18)19)13(20)21/h3-4,6-7H,1-2H3/t6-,7+/m1/s1. The molecule has 120 valence electrons. The van der Waals surface area contributed by atoms with Crippen LogP contribution in [0.5, 0.6) is 0 Å². The van der Waals surface area contributed by atoms with Gasteiger partial charge in [0.1, 0.15) is 0 Å². The molecule has 13 heteroatoms. The van der Waals surface area contributed by atoms with Gasteiger partial charge in [-0.25, -0.2) is 0 Å². The lowest BCUT2D eigenvalue weighted by atomic mass is 9.86. The maximum Gasteiger partial charge on any atom is 0.710 e. The van der Waals surface area contributed by atoms with Crippen LogP contribution in [0.1, 0.15) is 6.92 Å². The minimum atomic E-state index is -3.79. The lowest BCUT2D eigenvalue weighted by molar-refractivity contribution is -0.975. The van der Waals surface area contributed by atoms with Gasteiger partial charge in [0.2, 0.25) is 5.92 Å². The zero-order valence-electron chi connectivity index (χ0n) is 11.3. The zero-order chi connectivity index (χ0) is 17.2. The summed E-state index contributed by atoms with van der Waals surface area (Å²) in [6.45, 7) is 1.11. The van der Waals surface area contributed by atoms with Crippen LogP contribution in [0.2, 0.25) is 0 Å². The number of hydrogen-bond acceptors (Lipinski definition) is 9. The van der Waals surface area contributed by atoms with E-state index in [-0.39, 0.29) is 5.57 Å². The molecule has 0 N–H and O–H groups in total. The third-order valence-corrected chi connectivity index (χ3v) is 3.22. The fourth-order valence-electron chi connectivity index (χ4n) is 2.14. The number of rotatable bonds is 6. The highest BCUT2D eigenvalue weighted by molar-refractivity contribution is 5.27. The van der Waals surface area contributed by atoms with Gasteiger partial charge in [0.25, 0.3) is 6.04 Å². The SMILES string of the molecule is COC1=C[C@@H](C([N+](=O)[O-])([N+](=O)[O-])[N+](=O)[O-])C(C)=C[C@@H]1[N+](=O)[O-]. The number of nitro groups is 4. The van der Waals surface area contributed by atoms with Crippen LogP contribution in [0.3, 0.4) is 0 Å². The number of hydrogen-bond donors (Lipinski definition) is 0. The largest absolute Gasteiger partial charge is 0.710 e. The first-order chi connectivity index (χ1) is 10.1. The van der Waals surface area contributed by atoms with Gasteiger partial charge < -0.3 is 4.74 Å². The van der Waals surface area contributed by atoms with Gasteiger partial charge in [-0.3, -0.25) is 40.5 Å². The van der Waals surface area contributed by atoms with Crippen LogP contribution >= 0.6 is 0 Å². The van der Waals surface area contributed by atoms with E-state index in [4.69, 9.17) is 0 Å². The molecule has 0 fully saturated rings. The van der Waals surface area contributed by atoms with Crippen molar-refractivity contribution in [3.05, 3.63) is 63.9 Å². The van der Waals surface area contributed by atoms with Gasteiger partial charge >= 0.3 is 5.79 Å². The van der Waals surface area contributed by atoms with Gasteiger partial charge in [-0.15, -0.1) is 0 Å². The molecule has 0 heterocycles. The first kappa shape index (κ1) is 16.9. The van der Waals surface area contributed by atoms with Crippen LogP contribution < -0.4 is 0 Å². The van der Waals surface area contributed by atoms with E-state index in [9.17, 15) is 40.5 Å². The molecule has 0 aromatic heterocycles. The van der Waals surface area contributed by atoms with E-state index in [0.29, 0.717) is 6.08 Å². The van der Waals surface area contributed by atoms with Crippen LogP contribution in [0.4, 0.5) is 0 Å². The Labute approximate surface area is 121 Å². The lowest BCUT2D eigenvalue weighted by Gasteiger charge is -2.22. The molecule has 0 saturated heterocycles. The summed E-state index contributed by atoms with van der Waals surface area (Å²) < 4.78 is 4.69. The van der Waals surface area contributed by atoms with E-state index < -0.39 is 43.2 Å². The molecule has 13 nitrogen and oxygen atoms in total. The minimum absolute atomic E-state index is 0.243. The highest BCUT2D eigenvalue weighted by Gasteiger charge is 2.76. The maximum absolute atomic E-state index is 11.1. The molecule has 1 rings (SSSR count). The van der Waals surface area contributed by atoms with Crippen molar-refractivity contribution >= 4 is 0 Å². The average Bonchev–Trinajstić information content (AvgIpc) is 2.39. The highest BCUT2D eigenvalue weighted by atomic mass is 16.7. The summed E-state index contributed by atoms with van der Waals surface area (Å²) in [5.74, 6) is -6.17. The quantitative estimate of drug-likeness (QED) is 0.286. The monoisotopic (exact) mass is 318 g/mol. The van der Waals surface area contributed by atoms with Crippen molar-refractivity contribution in [2.75, 3.05) is 7.11 Å². The molecule has 0 aromatic rings. The zero-order valence-corrected chi connectivity index (χ0v) is 11.3. The normalized spacial score (nSPS) is 21.4. The predicted octanol–water partition coefficient (Wildman–Crippen LogP) is 0.222. The number of ether oxygens (including phenoxy) is 1.